The van der Waals surface area contributed by atoms with Crippen LogP contribution in [0.5, 0.6) is 0 Å². The molecule has 0 unspecified atom stereocenters. The average molecular weight is 518 g/mol. The quantitative estimate of drug-likeness (QED) is 0.199. The predicted octanol–water partition coefficient (Wildman–Crippen LogP) is 3.90. The molecule has 1 N–H and O–H groups in total. The first kappa shape index (κ1) is 29.1. The van der Waals surface area contributed by atoms with Crippen LogP contribution in [0.15, 0.2) is 25.3 Å². The zero-order valence-corrected chi connectivity index (χ0v) is 22.2. The van der Waals surface area contributed by atoms with E-state index < -0.39 is 29.4 Å². The summed E-state index contributed by atoms with van der Waals surface area (Å²) in [5.74, 6) is -2.16. The number of hydrogen-bond donors (Lipinski definition) is 1. The van der Waals surface area contributed by atoms with Crippen LogP contribution in [0, 0.1) is 17.3 Å². The van der Waals surface area contributed by atoms with Crippen molar-refractivity contribution in [3.8, 4) is 0 Å². The lowest BCUT2D eigenvalue weighted by Crippen LogP contribution is -2.45. The van der Waals surface area contributed by atoms with E-state index in [1.807, 2.05) is 6.08 Å². The number of unbranched alkanes of at least 4 members (excludes halogenated alkanes) is 3. The molecule has 1 heterocycles. The first-order chi connectivity index (χ1) is 17.7. The van der Waals surface area contributed by atoms with Crippen LogP contribution < -0.4 is 0 Å². The Morgan fingerprint density at radius 3 is 2.49 bits per heavy atom. The van der Waals surface area contributed by atoms with Gasteiger partial charge in [0, 0.05) is 25.3 Å². The minimum absolute atomic E-state index is 0.0328. The van der Waals surface area contributed by atoms with Gasteiger partial charge in [-0.15, -0.1) is 13.2 Å². The van der Waals surface area contributed by atoms with E-state index in [1.54, 1.807) is 6.08 Å². The Bertz CT molecular complexity index is 864. The summed E-state index contributed by atoms with van der Waals surface area (Å²) in [6, 6.07) is -0.829. The van der Waals surface area contributed by atoms with Crippen LogP contribution in [-0.2, 0) is 28.7 Å². The number of Topliss-reactive ketones (excluding diaryl/α,β-unsaturated/α-hetero) is 1. The first-order valence-corrected chi connectivity index (χ1v) is 13.8. The number of aliphatic hydroxyl groups excluding tert-OH is 1. The fourth-order valence-electron chi connectivity index (χ4n) is 5.99. The molecule has 1 amide bonds. The van der Waals surface area contributed by atoms with Gasteiger partial charge in [-0.2, -0.15) is 0 Å². The van der Waals surface area contributed by atoms with Gasteiger partial charge in [-0.1, -0.05) is 25.0 Å². The Hall–Kier alpha value is -2.48. The molecular formula is C29H43NO7. The fourth-order valence-corrected chi connectivity index (χ4v) is 5.99. The number of likely N-dealkylation sites (tertiary alicyclic amines) is 1. The Labute approximate surface area is 220 Å². The number of carbonyl (C=O) groups is 4. The van der Waals surface area contributed by atoms with Gasteiger partial charge in [0.25, 0.3) is 0 Å². The minimum atomic E-state index is -0.939. The number of ether oxygens (including phenoxy) is 2. The summed E-state index contributed by atoms with van der Waals surface area (Å²) < 4.78 is 10.6. The number of β-amino-alcohol motifs (C(OH)–C–C–N with tert-alkyl or cyclic N) is 1. The van der Waals surface area contributed by atoms with Crippen molar-refractivity contribution in [1.82, 2.24) is 4.90 Å². The summed E-state index contributed by atoms with van der Waals surface area (Å²) in [5.41, 5.74) is -0.939. The van der Waals surface area contributed by atoms with Crippen LogP contribution >= 0.6 is 0 Å². The zero-order chi connectivity index (χ0) is 27.0. The zero-order valence-electron chi connectivity index (χ0n) is 22.2. The molecule has 8 heteroatoms. The molecule has 3 aliphatic rings. The SMILES string of the molecule is C=CCCCCC[C@H](CC(=O)OC1CCCC1)C(=O)N1C[C@H](O)C[C@H]1C(=O)C[C@]1(C(=O)OC)C[C@H]1C=C. The number of allylic oxidation sites excluding steroid dienone is 2. The molecule has 0 radical (unpaired) electrons. The number of nitrogens with zero attached hydrogens (tertiary/aromatic N) is 1. The molecule has 1 aliphatic heterocycles. The van der Waals surface area contributed by atoms with Gasteiger partial charge >= 0.3 is 11.9 Å². The van der Waals surface area contributed by atoms with Crippen molar-refractivity contribution < 1.29 is 33.8 Å². The molecule has 2 aliphatic carbocycles. The molecule has 206 valence electrons. The summed E-state index contributed by atoms with van der Waals surface area (Å²) in [4.78, 5) is 53.7. The van der Waals surface area contributed by atoms with Crippen LogP contribution in [0.1, 0.15) is 83.5 Å². The summed E-state index contributed by atoms with van der Waals surface area (Å²) >= 11 is 0. The molecule has 0 aromatic heterocycles. The third-order valence-electron chi connectivity index (χ3n) is 8.26. The Balaban J connectivity index is 1.69. The van der Waals surface area contributed by atoms with Gasteiger partial charge in [0.2, 0.25) is 5.91 Å². The van der Waals surface area contributed by atoms with Crippen LogP contribution in [0.3, 0.4) is 0 Å². The lowest BCUT2D eigenvalue weighted by Gasteiger charge is -2.29. The number of esters is 2. The topological polar surface area (TPSA) is 110 Å². The van der Waals surface area contributed by atoms with E-state index in [9.17, 15) is 24.3 Å². The van der Waals surface area contributed by atoms with E-state index in [4.69, 9.17) is 9.47 Å². The molecule has 3 rings (SSSR count). The fraction of sp³-hybridized carbons (Fsp3) is 0.724. The van der Waals surface area contributed by atoms with Crippen molar-refractivity contribution >= 4 is 23.6 Å². The van der Waals surface area contributed by atoms with Gasteiger partial charge in [0.1, 0.15) is 6.10 Å². The summed E-state index contributed by atoms with van der Waals surface area (Å²) in [6.45, 7) is 7.53. The van der Waals surface area contributed by atoms with Gasteiger partial charge in [-0.3, -0.25) is 19.2 Å². The van der Waals surface area contributed by atoms with Crippen molar-refractivity contribution in [3.63, 3.8) is 0 Å². The van der Waals surface area contributed by atoms with Gasteiger partial charge in [-0.25, -0.2) is 0 Å². The molecule has 0 spiro atoms. The summed E-state index contributed by atoms with van der Waals surface area (Å²) in [6.07, 6.45) is 11.0. The number of hydrogen-bond acceptors (Lipinski definition) is 7. The van der Waals surface area contributed by atoms with Crippen molar-refractivity contribution in [2.75, 3.05) is 13.7 Å². The van der Waals surface area contributed by atoms with Crippen LogP contribution in [-0.4, -0.2) is 65.5 Å². The maximum Gasteiger partial charge on any atom is 0.312 e. The number of methoxy groups -OCH3 is 1. The van der Waals surface area contributed by atoms with Crippen LogP contribution in [0.2, 0.25) is 0 Å². The van der Waals surface area contributed by atoms with Crippen molar-refractivity contribution in [3.05, 3.63) is 25.3 Å². The molecule has 0 aromatic carbocycles. The normalized spacial score (nSPS) is 27.9. The molecule has 3 fully saturated rings. The minimum Gasteiger partial charge on any atom is -0.469 e. The van der Waals surface area contributed by atoms with Gasteiger partial charge in [0.15, 0.2) is 5.78 Å². The van der Waals surface area contributed by atoms with Crippen LogP contribution in [0.4, 0.5) is 0 Å². The number of amides is 1. The third-order valence-corrected chi connectivity index (χ3v) is 8.26. The lowest BCUT2D eigenvalue weighted by molar-refractivity contribution is -0.154. The highest BCUT2D eigenvalue weighted by molar-refractivity contribution is 5.95. The molecule has 1 saturated heterocycles. The Morgan fingerprint density at radius 2 is 1.86 bits per heavy atom. The average Bonchev–Trinajstić information content (AvgIpc) is 3.17. The molecule has 37 heavy (non-hydrogen) atoms. The summed E-state index contributed by atoms with van der Waals surface area (Å²) in [5, 5.41) is 10.4. The van der Waals surface area contributed by atoms with E-state index in [1.165, 1.54) is 12.0 Å². The molecule has 0 aromatic rings. The largest absolute Gasteiger partial charge is 0.469 e. The number of rotatable bonds is 15. The third kappa shape index (κ3) is 7.30. The maximum absolute atomic E-state index is 13.7. The van der Waals surface area contributed by atoms with E-state index in [-0.39, 0.29) is 55.5 Å². The van der Waals surface area contributed by atoms with Gasteiger partial charge < -0.3 is 19.5 Å². The molecule has 2 saturated carbocycles. The monoisotopic (exact) mass is 517 g/mol. The maximum atomic E-state index is 13.7. The highest BCUT2D eigenvalue weighted by Gasteiger charge is 2.61. The van der Waals surface area contributed by atoms with E-state index in [2.05, 4.69) is 13.2 Å². The van der Waals surface area contributed by atoms with Crippen molar-refractivity contribution in [2.45, 2.75) is 102 Å². The number of ketones is 1. The smallest absolute Gasteiger partial charge is 0.312 e. The molecule has 8 nitrogen and oxygen atoms in total. The molecule has 0 bridgehead atoms. The van der Waals surface area contributed by atoms with Crippen molar-refractivity contribution in [1.29, 1.82) is 0 Å². The molecule has 5 atom stereocenters. The van der Waals surface area contributed by atoms with Gasteiger partial charge in [-0.05, 0) is 57.3 Å². The first-order valence-electron chi connectivity index (χ1n) is 13.8. The van der Waals surface area contributed by atoms with Gasteiger partial charge in [0.05, 0.1) is 31.1 Å². The Morgan fingerprint density at radius 1 is 1.14 bits per heavy atom. The van der Waals surface area contributed by atoms with E-state index >= 15 is 0 Å². The Kier molecular flexibility index (Phi) is 10.5. The second kappa shape index (κ2) is 13.4. The highest BCUT2D eigenvalue weighted by atomic mass is 16.5. The van der Waals surface area contributed by atoms with Crippen molar-refractivity contribution in [2.24, 2.45) is 17.3 Å². The number of aliphatic hydroxyl groups is 1. The lowest BCUT2D eigenvalue weighted by atomic mass is 9.91. The second-order valence-corrected chi connectivity index (χ2v) is 11.0. The standard InChI is InChI=1S/C29H43NO7/c1-4-6-7-8-9-12-20(15-26(33)37-23-13-10-11-14-23)27(34)30-19-22(31)16-24(30)25(32)18-29(28(35)36-3)17-21(29)5-2/h4-5,20-24,31H,1-2,6-19H2,3H3/t20-,21-,22-,24+,29-/m1/s1. The number of carbonyl (C=O) groups excluding carboxylic acids is 4. The highest BCUT2D eigenvalue weighted by Crippen LogP contribution is 2.57. The van der Waals surface area contributed by atoms with E-state index in [0.29, 0.717) is 12.8 Å². The predicted molar refractivity (Wildman–Crippen MR) is 138 cm³/mol. The van der Waals surface area contributed by atoms with E-state index in [0.717, 1.165) is 51.4 Å². The van der Waals surface area contributed by atoms with Crippen LogP contribution in [0.25, 0.3) is 0 Å². The molecular weight excluding hydrogens is 474 g/mol. The summed E-state index contributed by atoms with van der Waals surface area (Å²) in [7, 11) is 1.30. The second-order valence-electron chi connectivity index (χ2n) is 11.0.